The van der Waals surface area contributed by atoms with Gasteiger partial charge in [-0.3, -0.25) is 14.4 Å². The topological polar surface area (TPSA) is 128 Å². The molecule has 8 nitrogen and oxygen atoms in total. The first-order valence-corrected chi connectivity index (χ1v) is 8.66. The van der Waals surface area contributed by atoms with Gasteiger partial charge in [0.15, 0.2) is 10.4 Å². The molecule has 0 saturated carbocycles. The van der Waals surface area contributed by atoms with E-state index in [0.29, 0.717) is 37.7 Å². The van der Waals surface area contributed by atoms with Gasteiger partial charge in [-0.2, -0.15) is 0 Å². The highest BCUT2D eigenvalue weighted by molar-refractivity contribution is 9.10. The molecule has 136 valence electrons. The van der Waals surface area contributed by atoms with Crippen LogP contribution in [0, 0.1) is 0 Å². The number of anilines is 1. The standard InChI is InChI=1S/C18H12BrN3O5/c19-13-4-3-12(27-13)17(25)21-9-1-2-11-10(6-9)15-8(5-14(23)24)7-20-18(26)16(15)22-11/h1-4,6-7,22H,5H2,(H,20,26)(H,21,25)(H,23,24). The Morgan fingerprint density at radius 1 is 1.22 bits per heavy atom. The Balaban J connectivity index is 1.82. The maximum absolute atomic E-state index is 12.3. The molecule has 0 bridgehead atoms. The van der Waals surface area contributed by atoms with Crippen molar-refractivity contribution in [3.63, 3.8) is 0 Å². The molecule has 0 unspecified atom stereocenters. The number of carboxylic acid groups (broad SMARTS) is 1. The summed E-state index contributed by atoms with van der Waals surface area (Å²) in [4.78, 5) is 41.1. The minimum Gasteiger partial charge on any atom is -0.481 e. The summed E-state index contributed by atoms with van der Waals surface area (Å²) in [5.74, 6) is -1.29. The molecular formula is C18H12BrN3O5. The first-order valence-electron chi connectivity index (χ1n) is 7.87. The van der Waals surface area contributed by atoms with Crippen LogP contribution in [0.2, 0.25) is 0 Å². The molecule has 4 N–H and O–H groups in total. The van der Waals surface area contributed by atoms with Crippen molar-refractivity contribution in [2.45, 2.75) is 6.42 Å². The summed E-state index contributed by atoms with van der Waals surface area (Å²) >= 11 is 3.14. The number of aromatic amines is 2. The Hall–Kier alpha value is -3.33. The molecule has 0 aliphatic heterocycles. The molecule has 4 rings (SSSR count). The van der Waals surface area contributed by atoms with Crippen molar-refractivity contribution in [3.05, 3.63) is 62.9 Å². The quantitative estimate of drug-likeness (QED) is 0.395. The van der Waals surface area contributed by atoms with Gasteiger partial charge in [-0.05, 0) is 51.8 Å². The summed E-state index contributed by atoms with van der Waals surface area (Å²) in [7, 11) is 0. The van der Waals surface area contributed by atoms with Crippen molar-refractivity contribution in [3.8, 4) is 0 Å². The van der Waals surface area contributed by atoms with Gasteiger partial charge in [0.1, 0.15) is 5.52 Å². The summed E-state index contributed by atoms with van der Waals surface area (Å²) in [5, 5.41) is 13.0. The molecule has 0 aliphatic rings. The number of H-pyrrole nitrogens is 2. The molecule has 3 aromatic heterocycles. The van der Waals surface area contributed by atoms with E-state index >= 15 is 0 Å². The minimum absolute atomic E-state index is 0.143. The zero-order valence-electron chi connectivity index (χ0n) is 13.6. The Bertz CT molecular complexity index is 1270. The van der Waals surface area contributed by atoms with Gasteiger partial charge in [0.05, 0.1) is 6.42 Å². The Morgan fingerprint density at radius 3 is 2.74 bits per heavy atom. The predicted molar refractivity (Wildman–Crippen MR) is 102 cm³/mol. The van der Waals surface area contributed by atoms with E-state index < -0.39 is 11.9 Å². The Labute approximate surface area is 159 Å². The third-order valence-electron chi connectivity index (χ3n) is 4.12. The fraction of sp³-hybridized carbons (Fsp3) is 0.0556. The number of hydrogen-bond donors (Lipinski definition) is 4. The molecular weight excluding hydrogens is 418 g/mol. The second-order valence-corrected chi connectivity index (χ2v) is 6.69. The van der Waals surface area contributed by atoms with Crippen LogP contribution in [0.5, 0.6) is 0 Å². The third-order valence-corrected chi connectivity index (χ3v) is 4.55. The number of amides is 1. The van der Waals surface area contributed by atoms with Crippen LogP contribution in [-0.4, -0.2) is 27.0 Å². The van der Waals surface area contributed by atoms with E-state index in [9.17, 15) is 14.4 Å². The number of carboxylic acids is 1. The molecule has 4 aromatic rings. The van der Waals surface area contributed by atoms with Gasteiger partial charge in [-0.15, -0.1) is 0 Å². The van der Waals surface area contributed by atoms with Gasteiger partial charge in [-0.1, -0.05) is 0 Å². The van der Waals surface area contributed by atoms with Crippen molar-refractivity contribution in [2.24, 2.45) is 0 Å². The molecule has 0 spiro atoms. The van der Waals surface area contributed by atoms with Crippen LogP contribution in [0.15, 0.2) is 50.4 Å². The van der Waals surface area contributed by atoms with Crippen LogP contribution in [0.3, 0.4) is 0 Å². The van der Waals surface area contributed by atoms with Crippen LogP contribution in [0.4, 0.5) is 5.69 Å². The number of aliphatic carboxylic acids is 1. The highest BCUT2D eigenvalue weighted by atomic mass is 79.9. The van der Waals surface area contributed by atoms with Crippen molar-refractivity contribution in [1.82, 2.24) is 9.97 Å². The highest BCUT2D eigenvalue weighted by Crippen LogP contribution is 2.29. The monoisotopic (exact) mass is 429 g/mol. The van der Waals surface area contributed by atoms with Gasteiger partial charge in [0.2, 0.25) is 0 Å². The number of halogens is 1. The molecule has 27 heavy (non-hydrogen) atoms. The molecule has 9 heteroatoms. The second kappa shape index (κ2) is 6.44. The Kier molecular flexibility index (Phi) is 4.08. The lowest BCUT2D eigenvalue weighted by Crippen LogP contribution is -2.10. The van der Waals surface area contributed by atoms with E-state index in [1.165, 1.54) is 12.3 Å². The number of fused-ring (bicyclic) bond motifs is 3. The fourth-order valence-corrected chi connectivity index (χ4v) is 3.31. The second-order valence-electron chi connectivity index (χ2n) is 5.91. The van der Waals surface area contributed by atoms with Crippen molar-refractivity contribution in [1.29, 1.82) is 0 Å². The molecule has 1 amide bonds. The van der Waals surface area contributed by atoms with Crippen LogP contribution in [0.1, 0.15) is 16.1 Å². The largest absolute Gasteiger partial charge is 0.481 e. The number of nitrogens with one attached hydrogen (secondary N) is 3. The molecule has 0 atom stereocenters. The lowest BCUT2D eigenvalue weighted by molar-refractivity contribution is -0.136. The molecule has 3 heterocycles. The van der Waals surface area contributed by atoms with E-state index in [-0.39, 0.29) is 17.7 Å². The van der Waals surface area contributed by atoms with Gasteiger partial charge < -0.3 is 24.8 Å². The van der Waals surface area contributed by atoms with E-state index in [4.69, 9.17) is 9.52 Å². The third kappa shape index (κ3) is 3.13. The molecule has 0 radical (unpaired) electrons. The van der Waals surface area contributed by atoms with Crippen molar-refractivity contribution >= 4 is 55.3 Å². The summed E-state index contributed by atoms with van der Waals surface area (Å²) in [6, 6.07) is 8.23. The lowest BCUT2D eigenvalue weighted by Gasteiger charge is -2.04. The van der Waals surface area contributed by atoms with Crippen LogP contribution in [-0.2, 0) is 11.2 Å². The van der Waals surface area contributed by atoms with Gasteiger partial charge >= 0.3 is 5.97 Å². The number of rotatable bonds is 4. The van der Waals surface area contributed by atoms with Gasteiger partial charge in [0.25, 0.3) is 11.5 Å². The molecule has 1 aromatic carbocycles. The van der Waals surface area contributed by atoms with Crippen LogP contribution < -0.4 is 10.9 Å². The summed E-state index contributed by atoms with van der Waals surface area (Å²) < 4.78 is 5.67. The number of benzene rings is 1. The summed E-state index contributed by atoms with van der Waals surface area (Å²) in [6.07, 6.45) is 1.16. The average molecular weight is 430 g/mol. The number of carbonyl (C=O) groups is 2. The highest BCUT2D eigenvalue weighted by Gasteiger charge is 2.16. The van der Waals surface area contributed by atoms with Gasteiger partial charge in [-0.25, -0.2) is 0 Å². The number of pyridine rings is 1. The maximum atomic E-state index is 12.3. The normalized spacial score (nSPS) is 11.1. The predicted octanol–water partition coefficient (Wildman–Crippen LogP) is 3.24. The minimum atomic E-state index is -1.01. The number of hydrogen-bond acceptors (Lipinski definition) is 4. The van der Waals surface area contributed by atoms with E-state index in [1.807, 2.05) is 0 Å². The smallest absolute Gasteiger partial charge is 0.307 e. The van der Waals surface area contributed by atoms with Crippen LogP contribution >= 0.6 is 15.9 Å². The SMILES string of the molecule is O=C(O)Cc1c[nH]c(=O)c2[nH]c3ccc(NC(=O)c4ccc(Br)o4)cc3c12. The van der Waals surface area contributed by atoms with Gasteiger partial charge in [0, 0.05) is 28.2 Å². The lowest BCUT2D eigenvalue weighted by atomic mass is 10.1. The maximum Gasteiger partial charge on any atom is 0.307 e. The first kappa shape index (κ1) is 17.1. The molecule has 0 saturated heterocycles. The van der Waals surface area contributed by atoms with Crippen molar-refractivity contribution < 1.29 is 19.1 Å². The zero-order chi connectivity index (χ0) is 19.1. The molecule has 0 aliphatic carbocycles. The average Bonchev–Trinajstić information content (AvgIpc) is 3.21. The summed E-state index contributed by atoms with van der Waals surface area (Å²) in [6.45, 7) is 0. The number of carbonyl (C=O) groups excluding carboxylic acids is 1. The number of furan rings is 1. The first-order chi connectivity index (χ1) is 12.9. The van der Waals surface area contributed by atoms with Crippen molar-refractivity contribution in [2.75, 3.05) is 5.32 Å². The molecule has 0 fully saturated rings. The van der Waals surface area contributed by atoms with E-state index in [1.54, 1.807) is 24.3 Å². The van der Waals surface area contributed by atoms with Crippen LogP contribution in [0.25, 0.3) is 21.8 Å². The van der Waals surface area contributed by atoms with E-state index in [0.717, 1.165) is 0 Å². The Morgan fingerprint density at radius 2 is 2.04 bits per heavy atom. The fourth-order valence-electron chi connectivity index (χ4n) is 3.00. The van der Waals surface area contributed by atoms with E-state index in [2.05, 4.69) is 31.2 Å². The number of aromatic nitrogens is 2. The summed E-state index contributed by atoms with van der Waals surface area (Å²) in [5.41, 5.74) is 1.57. The zero-order valence-corrected chi connectivity index (χ0v) is 15.2.